The van der Waals surface area contributed by atoms with E-state index in [0.717, 1.165) is 45.2 Å². The molecule has 136 valence electrons. The Morgan fingerprint density at radius 3 is 2.80 bits per heavy atom. The van der Waals surface area contributed by atoms with E-state index in [-0.39, 0.29) is 18.2 Å². The van der Waals surface area contributed by atoms with Gasteiger partial charge in [-0.25, -0.2) is 9.78 Å². The first-order valence-electron chi connectivity index (χ1n) is 9.46. The van der Waals surface area contributed by atoms with Crippen molar-refractivity contribution in [2.45, 2.75) is 63.5 Å². The standard InChI is InChI=1S/C19H26ClN3O2/c20-16-3-1-11-21-17(16)25-15-6-4-14(5-7-15)22-18(24)23-12-2-8-19(13-23)9-10-19/h1,3,11,14-15H,2,4-10,12-13H2,(H,22,24). The summed E-state index contributed by atoms with van der Waals surface area (Å²) in [5.74, 6) is 0.514. The van der Waals surface area contributed by atoms with Crippen LogP contribution in [0.25, 0.3) is 0 Å². The van der Waals surface area contributed by atoms with Crippen LogP contribution in [0.15, 0.2) is 18.3 Å². The van der Waals surface area contributed by atoms with Crippen LogP contribution in [0.1, 0.15) is 51.4 Å². The van der Waals surface area contributed by atoms with Crippen LogP contribution in [-0.2, 0) is 0 Å². The average Bonchev–Trinajstić information content (AvgIpc) is 3.37. The number of carbonyl (C=O) groups excluding carboxylic acids is 1. The van der Waals surface area contributed by atoms with Crippen molar-refractivity contribution >= 4 is 17.6 Å². The van der Waals surface area contributed by atoms with Gasteiger partial charge in [0.25, 0.3) is 0 Å². The fraction of sp³-hybridized carbons (Fsp3) is 0.684. The summed E-state index contributed by atoms with van der Waals surface area (Å²) in [5, 5.41) is 3.79. The average molecular weight is 364 g/mol. The Balaban J connectivity index is 1.23. The second kappa shape index (κ2) is 7.02. The number of urea groups is 1. The lowest BCUT2D eigenvalue weighted by Crippen LogP contribution is -2.50. The van der Waals surface area contributed by atoms with E-state index >= 15 is 0 Å². The van der Waals surface area contributed by atoms with Gasteiger partial charge in [0, 0.05) is 25.3 Å². The summed E-state index contributed by atoms with van der Waals surface area (Å²) >= 11 is 6.11. The van der Waals surface area contributed by atoms with E-state index in [1.807, 2.05) is 4.90 Å². The molecule has 3 fully saturated rings. The van der Waals surface area contributed by atoms with Crippen molar-refractivity contribution < 1.29 is 9.53 Å². The molecular formula is C19H26ClN3O2. The molecule has 1 aromatic rings. The number of likely N-dealkylation sites (tertiary alicyclic amines) is 1. The lowest BCUT2D eigenvalue weighted by atomic mass is 9.92. The number of carbonyl (C=O) groups is 1. The van der Waals surface area contributed by atoms with Crippen molar-refractivity contribution in [3.05, 3.63) is 23.4 Å². The number of rotatable bonds is 3. The van der Waals surface area contributed by atoms with Gasteiger partial charge in [-0.2, -0.15) is 0 Å². The van der Waals surface area contributed by atoms with Gasteiger partial charge in [-0.1, -0.05) is 11.6 Å². The Morgan fingerprint density at radius 1 is 1.28 bits per heavy atom. The van der Waals surface area contributed by atoms with Gasteiger partial charge in [0.15, 0.2) is 0 Å². The molecule has 0 bridgehead atoms. The Kier molecular flexibility index (Phi) is 4.76. The summed E-state index contributed by atoms with van der Waals surface area (Å²) in [6, 6.07) is 3.97. The zero-order chi connectivity index (χ0) is 17.3. The molecule has 0 radical (unpaired) electrons. The lowest BCUT2D eigenvalue weighted by Gasteiger charge is -2.35. The number of ether oxygens (including phenoxy) is 1. The molecule has 2 heterocycles. The smallest absolute Gasteiger partial charge is 0.317 e. The molecule has 6 heteroatoms. The highest BCUT2D eigenvalue weighted by Gasteiger charge is 2.46. The van der Waals surface area contributed by atoms with Gasteiger partial charge in [0.1, 0.15) is 11.1 Å². The zero-order valence-corrected chi connectivity index (χ0v) is 15.3. The molecule has 2 aliphatic carbocycles. The summed E-state index contributed by atoms with van der Waals surface area (Å²) in [6.45, 7) is 1.86. The maximum atomic E-state index is 12.6. The number of nitrogens with one attached hydrogen (secondary N) is 1. The summed E-state index contributed by atoms with van der Waals surface area (Å²) in [4.78, 5) is 18.8. The molecule has 0 atom stereocenters. The summed E-state index contributed by atoms with van der Waals surface area (Å²) in [7, 11) is 0. The first kappa shape index (κ1) is 17.0. The van der Waals surface area contributed by atoms with E-state index < -0.39 is 0 Å². The number of piperidine rings is 1. The molecule has 4 rings (SSSR count). The van der Waals surface area contributed by atoms with Crippen LogP contribution in [0, 0.1) is 5.41 Å². The number of pyridine rings is 1. The van der Waals surface area contributed by atoms with Gasteiger partial charge in [-0.3, -0.25) is 0 Å². The Morgan fingerprint density at radius 2 is 2.08 bits per heavy atom. The third-order valence-electron chi connectivity index (χ3n) is 5.91. The third-order valence-corrected chi connectivity index (χ3v) is 6.20. The molecule has 1 aromatic heterocycles. The molecule has 25 heavy (non-hydrogen) atoms. The van der Waals surface area contributed by atoms with E-state index in [9.17, 15) is 4.79 Å². The molecular weight excluding hydrogens is 338 g/mol. The van der Waals surface area contributed by atoms with E-state index in [4.69, 9.17) is 16.3 Å². The zero-order valence-electron chi connectivity index (χ0n) is 14.5. The van der Waals surface area contributed by atoms with Gasteiger partial charge in [0.2, 0.25) is 5.88 Å². The molecule has 0 aromatic carbocycles. The highest BCUT2D eigenvalue weighted by Crippen LogP contribution is 2.52. The van der Waals surface area contributed by atoms with Crippen LogP contribution < -0.4 is 10.1 Å². The second-order valence-electron chi connectivity index (χ2n) is 7.86. The van der Waals surface area contributed by atoms with E-state index in [1.165, 1.54) is 19.3 Å². The van der Waals surface area contributed by atoms with Crippen LogP contribution >= 0.6 is 11.6 Å². The number of aromatic nitrogens is 1. The van der Waals surface area contributed by atoms with Crippen LogP contribution in [0.4, 0.5) is 4.79 Å². The SMILES string of the molecule is O=C(NC1CCC(Oc2ncccc2Cl)CC1)N1CCCC2(CC2)C1. The first-order valence-corrected chi connectivity index (χ1v) is 9.84. The van der Waals surface area contributed by atoms with Crippen LogP contribution in [0.5, 0.6) is 5.88 Å². The maximum Gasteiger partial charge on any atom is 0.317 e. The van der Waals surface area contributed by atoms with Crippen molar-refractivity contribution in [2.24, 2.45) is 5.41 Å². The molecule has 2 amide bonds. The molecule has 1 aliphatic heterocycles. The minimum Gasteiger partial charge on any atom is -0.473 e. The molecule has 0 unspecified atom stereocenters. The number of amides is 2. The highest BCUT2D eigenvalue weighted by atomic mass is 35.5. The lowest BCUT2D eigenvalue weighted by molar-refractivity contribution is 0.125. The van der Waals surface area contributed by atoms with Crippen molar-refractivity contribution in [1.29, 1.82) is 0 Å². The van der Waals surface area contributed by atoms with Crippen LogP contribution in [0.2, 0.25) is 5.02 Å². The molecule has 5 nitrogen and oxygen atoms in total. The van der Waals surface area contributed by atoms with E-state index in [2.05, 4.69) is 10.3 Å². The molecule has 3 aliphatic rings. The number of hydrogen-bond donors (Lipinski definition) is 1. The van der Waals surface area contributed by atoms with Gasteiger partial charge in [-0.05, 0) is 68.9 Å². The predicted octanol–water partition coefficient (Wildman–Crippen LogP) is 4.01. The Labute approximate surface area is 154 Å². The summed E-state index contributed by atoms with van der Waals surface area (Å²) < 4.78 is 5.93. The van der Waals surface area contributed by atoms with Crippen molar-refractivity contribution in [3.8, 4) is 5.88 Å². The third kappa shape index (κ3) is 4.02. The van der Waals surface area contributed by atoms with E-state index in [1.54, 1.807) is 18.3 Å². The minimum atomic E-state index is 0.128. The first-order chi connectivity index (χ1) is 12.1. The second-order valence-corrected chi connectivity index (χ2v) is 8.26. The fourth-order valence-corrected chi connectivity index (χ4v) is 4.34. The molecule has 2 saturated carbocycles. The van der Waals surface area contributed by atoms with Crippen LogP contribution in [-0.4, -0.2) is 41.2 Å². The minimum absolute atomic E-state index is 0.128. The number of hydrogen-bond acceptors (Lipinski definition) is 3. The van der Waals surface area contributed by atoms with Gasteiger partial charge in [0.05, 0.1) is 0 Å². The molecule has 1 spiro atoms. The van der Waals surface area contributed by atoms with Crippen molar-refractivity contribution in [1.82, 2.24) is 15.2 Å². The Bertz CT molecular complexity index is 627. The van der Waals surface area contributed by atoms with Gasteiger partial charge < -0.3 is 15.0 Å². The maximum absolute atomic E-state index is 12.6. The van der Waals surface area contributed by atoms with E-state index in [0.29, 0.717) is 16.3 Å². The summed E-state index contributed by atoms with van der Waals surface area (Å²) in [5.41, 5.74) is 0.475. The summed E-state index contributed by atoms with van der Waals surface area (Å²) in [6.07, 6.45) is 10.6. The normalized spacial score (nSPS) is 27.8. The fourth-order valence-electron chi connectivity index (χ4n) is 4.17. The molecule has 1 saturated heterocycles. The predicted molar refractivity (Wildman–Crippen MR) is 96.9 cm³/mol. The van der Waals surface area contributed by atoms with Gasteiger partial charge >= 0.3 is 6.03 Å². The monoisotopic (exact) mass is 363 g/mol. The number of halogens is 1. The van der Waals surface area contributed by atoms with Crippen molar-refractivity contribution in [2.75, 3.05) is 13.1 Å². The topological polar surface area (TPSA) is 54.5 Å². The molecule has 1 N–H and O–H groups in total. The van der Waals surface area contributed by atoms with Crippen molar-refractivity contribution in [3.63, 3.8) is 0 Å². The van der Waals surface area contributed by atoms with Crippen LogP contribution in [0.3, 0.4) is 0 Å². The number of nitrogens with zero attached hydrogens (tertiary/aromatic N) is 2. The largest absolute Gasteiger partial charge is 0.473 e. The Hall–Kier alpha value is -1.49. The quantitative estimate of drug-likeness (QED) is 0.882. The van der Waals surface area contributed by atoms with Gasteiger partial charge in [-0.15, -0.1) is 0 Å². The highest BCUT2D eigenvalue weighted by molar-refractivity contribution is 6.31.